The summed E-state index contributed by atoms with van der Waals surface area (Å²) in [5.74, 6) is -9.32. The number of nitrogens with one attached hydrogen (secondary N) is 4. The highest BCUT2D eigenvalue weighted by atomic mass is 79.9. The Hall–Kier alpha value is -7.71. The van der Waals surface area contributed by atoms with E-state index in [9.17, 15) is 52.7 Å². The van der Waals surface area contributed by atoms with Gasteiger partial charge >= 0.3 is 0 Å². The summed E-state index contributed by atoms with van der Waals surface area (Å²) in [6.07, 6.45) is 2.90. The molecule has 3 aliphatic heterocycles. The van der Waals surface area contributed by atoms with E-state index in [0.717, 1.165) is 21.1 Å². The molecule has 0 aliphatic carbocycles. The third kappa shape index (κ3) is 19.7. The van der Waals surface area contributed by atoms with E-state index in [-0.39, 0.29) is 50.1 Å². The fraction of sp³-hybridized carbons (Fsp3) is 0.652. The Kier molecular flexibility index (Phi) is 29.2. The lowest BCUT2D eigenvalue weighted by Gasteiger charge is -2.45. The van der Waals surface area contributed by atoms with Crippen LogP contribution in [-0.4, -0.2) is 246 Å². The SMILES string of the molecule is CCCC[C@@H]1NC(=O)[C@H](Cc2cc(Br)ccc2F)NC(=O)CN(C)C(=O)[C@H](Cc2ccc(OC)cc2)N(C)C(=O)[C@@H]2CCN2C(=O)[C@H](C)N(C)C(=O)[C@H]([C@@H](C)CC)NC(=O)[C@H](CC)N(C)C(=O)C[C@@H](C(=O)N2CCCCC2)N(C)C(=O)[C@H](CC(C)C)NC(=O)C(C)(C)N(C)C1=O. The number of likely N-dealkylation sites (tertiary alicyclic amines) is 1. The summed E-state index contributed by atoms with van der Waals surface area (Å²) in [4.78, 5) is 187. The molecular weight excluding hydrogens is 1300 g/mol. The second kappa shape index (κ2) is 35.5. The summed E-state index contributed by atoms with van der Waals surface area (Å²) in [5.41, 5.74) is -1.13. The van der Waals surface area contributed by atoms with Gasteiger partial charge in [0.25, 0.3) is 0 Å². The molecule has 5 rings (SSSR count). The van der Waals surface area contributed by atoms with Crippen molar-refractivity contribution in [3.63, 3.8) is 0 Å². The van der Waals surface area contributed by atoms with E-state index in [4.69, 9.17) is 4.74 Å². The molecule has 2 aromatic rings. The number of carbonyl (C=O) groups is 12. The van der Waals surface area contributed by atoms with Gasteiger partial charge in [0, 0.05) is 79.2 Å². The van der Waals surface area contributed by atoms with Crippen LogP contribution in [0, 0.1) is 17.7 Å². The predicted molar refractivity (Wildman–Crippen MR) is 363 cm³/mol. The number of fused-ring (bicyclic) bond motifs is 1. The monoisotopic (exact) mass is 1410 g/mol. The van der Waals surface area contributed by atoms with E-state index in [1.807, 2.05) is 27.7 Å². The molecule has 0 saturated carbocycles. The van der Waals surface area contributed by atoms with Gasteiger partial charge in [-0.3, -0.25) is 57.5 Å². The van der Waals surface area contributed by atoms with Crippen LogP contribution in [0.25, 0.3) is 0 Å². The normalized spacial score (nSPS) is 25.6. The van der Waals surface area contributed by atoms with Crippen molar-refractivity contribution in [1.29, 1.82) is 0 Å². The van der Waals surface area contributed by atoms with Gasteiger partial charge in [-0.15, -0.1) is 0 Å². The topological polar surface area (TPSA) is 288 Å². The van der Waals surface area contributed by atoms with Crippen LogP contribution >= 0.6 is 15.9 Å². The molecule has 0 radical (unpaired) electrons. The lowest BCUT2D eigenvalue weighted by Crippen LogP contribution is -2.65. The van der Waals surface area contributed by atoms with Crippen molar-refractivity contribution >= 4 is 86.8 Å². The summed E-state index contributed by atoms with van der Waals surface area (Å²) in [6, 6.07) is -0.720. The Morgan fingerprint density at radius 1 is 0.688 bits per heavy atom. The number of likely N-dealkylation sites (N-methyl/N-ethyl adjacent to an activating group) is 6. The first-order valence-corrected chi connectivity index (χ1v) is 34.4. The van der Waals surface area contributed by atoms with Crippen molar-refractivity contribution in [3.05, 3.63) is 63.9 Å². The van der Waals surface area contributed by atoms with E-state index in [2.05, 4.69) is 37.2 Å². The number of carbonyl (C=O) groups excluding carboxylic acids is 12. The van der Waals surface area contributed by atoms with E-state index in [1.54, 1.807) is 43.0 Å². The first kappa shape index (κ1) is 79.0. The molecule has 10 atom stereocenters. The van der Waals surface area contributed by atoms with Crippen LogP contribution in [0.2, 0.25) is 0 Å². The number of amides is 12. The number of hydrogen-bond donors (Lipinski definition) is 4. The zero-order chi connectivity index (χ0) is 71.8. The van der Waals surface area contributed by atoms with Crippen LogP contribution in [0.5, 0.6) is 5.75 Å². The third-order valence-corrected chi connectivity index (χ3v) is 19.9. The number of hydrogen-bond acceptors (Lipinski definition) is 13. The summed E-state index contributed by atoms with van der Waals surface area (Å²) in [7, 11) is 9.81. The third-order valence-electron chi connectivity index (χ3n) is 19.4. The highest BCUT2D eigenvalue weighted by Gasteiger charge is 2.47. The number of rotatable bonds is 14. The first-order chi connectivity index (χ1) is 45.1. The molecule has 25 nitrogen and oxygen atoms in total. The molecule has 96 heavy (non-hydrogen) atoms. The van der Waals surface area contributed by atoms with Crippen LogP contribution in [0.4, 0.5) is 4.39 Å². The molecule has 3 aliphatic rings. The minimum atomic E-state index is -1.75. The van der Waals surface area contributed by atoms with Crippen molar-refractivity contribution in [3.8, 4) is 5.75 Å². The molecule has 0 unspecified atom stereocenters. The minimum absolute atomic E-state index is 0.0109. The highest BCUT2D eigenvalue weighted by Crippen LogP contribution is 2.27. The van der Waals surface area contributed by atoms with Gasteiger partial charge in [0.1, 0.15) is 71.5 Å². The lowest BCUT2D eigenvalue weighted by atomic mass is 9.95. The number of methoxy groups -OCH3 is 1. The minimum Gasteiger partial charge on any atom is -0.497 e. The first-order valence-electron chi connectivity index (χ1n) is 33.6. The van der Waals surface area contributed by atoms with Crippen LogP contribution in [-0.2, 0) is 70.4 Å². The molecule has 3 saturated heterocycles. The molecule has 27 heteroatoms. The van der Waals surface area contributed by atoms with Gasteiger partial charge < -0.3 is 65.2 Å². The molecule has 0 aromatic heterocycles. The number of nitrogens with zero attached hydrogens (tertiary/aromatic N) is 8. The quantitative estimate of drug-likeness (QED) is 0.208. The maximum absolute atomic E-state index is 15.7. The van der Waals surface area contributed by atoms with Gasteiger partial charge in [0.2, 0.25) is 70.9 Å². The zero-order valence-electron chi connectivity index (χ0n) is 59.1. The molecule has 0 bridgehead atoms. The van der Waals surface area contributed by atoms with Gasteiger partial charge in [0.15, 0.2) is 0 Å². The van der Waals surface area contributed by atoms with Crippen LogP contribution < -0.4 is 26.0 Å². The van der Waals surface area contributed by atoms with Gasteiger partial charge in [-0.1, -0.05) is 88.9 Å². The predicted octanol–water partition coefficient (Wildman–Crippen LogP) is 4.05. The average molecular weight is 1410 g/mol. The fourth-order valence-corrected chi connectivity index (χ4v) is 12.6. The molecule has 532 valence electrons. The standard InChI is InChI=1S/C69H104BrFN12O13/c1-17-20-24-49-63(90)81(15)69(8,9)68(95)74-51(35-41(4)5)62(89)79(13)55(66(93)82-32-22-21-23-33-82)39-57(85)78(12)52(19-3)60(87)75-58(42(6)18-2)67(94)77(11)43(7)61(88)83-34-31-53(83)65(92)80(14)54(36-44-25-28-47(96-16)29-26-44)64(91)76(10)40-56(84)72-50(59(86)73-49)38-45-37-46(70)27-30-48(45)71/h25-30,37,41-43,49-55,58H,17-24,31-36,38-40H2,1-16H3,(H,72,84)(H,73,86)(H,74,95)(H,75,87)/t42-,43-,49-,50-,51-,52-,53-,54-,55-,58-/m0/s1. The molecule has 4 N–H and O–H groups in total. The molecule has 2 aromatic carbocycles. The van der Waals surface area contributed by atoms with Crippen molar-refractivity contribution in [2.75, 3.05) is 75.6 Å². The Bertz CT molecular complexity index is 3130. The largest absolute Gasteiger partial charge is 0.497 e. The molecule has 0 spiro atoms. The van der Waals surface area contributed by atoms with Crippen LogP contribution in [0.3, 0.4) is 0 Å². The number of benzene rings is 2. The maximum Gasteiger partial charge on any atom is 0.246 e. The van der Waals surface area contributed by atoms with Crippen LogP contribution in [0.15, 0.2) is 46.9 Å². The summed E-state index contributed by atoms with van der Waals surface area (Å²) < 4.78 is 21.5. The Balaban J connectivity index is 1.63. The number of ether oxygens (including phenoxy) is 1. The second-order valence-electron chi connectivity index (χ2n) is 26.9. The summed E-state index contributed by atoms with van der Waals surface area (Å²) >= 11 is 3.36. The molecule has 12 amide bonds. The van der Waals surface area contributed by atoms with Gasteiger partial charge in [-0.05, 0) is 119 Å². The van der Waals surface area contributed by atoms with E-state index in [0.29, 0.717) is 61.0 Å². The Morgan fingerprint density at radius 2 is 1.33 bits per heavy atom. The van der Waals surface area contributed by atoms with Crippen molar-refractivity contribution in [1.82, 2.24) is 60.5 Å². The maximum atomic E-state index is 15.7. The Labute approximate surface area is 574 Å². The molecule has 3 heterocycles. The Morgan fingerprint density at radius 3 is 1.91 bits per heavy atom. The number of piperidine rings is 1. The zero-order valence-corrected chi connectivity index (χ0v) is 60.6. The molecular formula is C69H104BrFN12O13. The van der Waals surface area contributed by atoms with Crippen LogP contribution in [0.1, 0.15) is 144 Å². The van der Waals surface area contributed by atoms with Crippen molar-refractivity contribution in [2.24, 2.45) is 11.8 Å². The van der Waals surface area contributed by atoms with E-state index < -0.39 is 162 Å². The van der Waals surface area contributed by atoms with Gasteiger partial charge in [0.05, 0.1) is 20.1 Å². The summed E-state index contributed by atoms with van der Waals surface area (Å²) in [6.45, 7) is 15.4. The summed E-state index contributed by atoms with van der Waals surface area (Å²) in [5, 5.41) is 11.2. The van der Waals surface area contributed by atoms with E-state index >= 15 is 9.18 Å². The number of halogens is 2. The lowest BCUT2D eigenvalue weighted by molar-refractivity contribution is -0.160. The second-order valence-corrected chi connectivity index (χ2v) is 27.8. The molecule has 3 fully saturated rings. The smallest absolute Gasteiger partial charge is 0.246 e. The highest BCUT2D eigenvalue weighted by molar-refractivity contribution is 9.10. The number of unbranched alkanes of at least 4 members (excludes halogenated alkanes) is 1. The van der Waals surface area contributed by atoms with Crippen molar-refractivity contribution in [2.45, 2.75) is 206 Å². The van der Waals surface area contributed by atoms with Crippen molar-refractivity contribution < 1.29 is 66.7 Å². The van der Waals surface area contributed by atoms with Gasteiger partial charge in [-0.2, -0.15) is 0 Å². The van der Waals surface area contributed by atoms with Gasteiger partial charge in [-0.25, -0.2) is 4.39 Å². The fourth-order valence-electron chi connectivity index (χ4n) is 12.2. The van der Waals surface area contributed by atoms with E-state index in [1.165, 1.54) is 108 Å². The average Bonchev–Trinajstić information content (AvgIpc) is 0.837.